The lowest BCUT2D eigenvalue weighted by atomic mass is 9.99. The summed E-state index contributed by atoms with van der Waals surface area (Å²) in [5.74, 6) is -1.11. The van der Waals surface area contributed by atoms with Crippen molar-refractivity contribution in [3.05, 3.63) is 35.4 Å². The van der Waals surface area contributed by atoms with E-state index in [0.717, 1.165) is 24.8 Å². The summed E-state index contributed by atoms with van der Waals surface area (Å²) < 4.78 is 0. The summed E-state index contributed by atoms with van der Waals surface area (Å²) in [5.41, 5.74) is 1.73. The molecule has 1 atom stereocenters. The van der Waals surface area contributed by atoms with Gasteiger partial charge in [0.2, 0.25) is 0 Å². The highest BCUT2D eigenvalue weighted by Crippen LogP contribution is 2.10. The van der Waals surface area contributed by atoms with Crippen LogP contribution in [0.25, 0.3) is 0 Å². The molecule has 1 aromatic rings. The van der Waals surface area contributed by atoms with E-state index in [1.165, 1.54) is 0 Å². The molecule has 0 heterocycles. The van der Waals surface area contributed by atoms with E-state index >= 15 is 0 Å². The maximum atomic E-state index is 12.3. The van der Waals surface area contributed by atoms with Crippen molar-refractivity contribution in [3.63, 3.8) is 0 Å². The zero-order valence-electron chi connectivity index (χ0n) is 12.2. The topological polar surface area (TPSA) is 66.4 Å². The highest BCUT2D eigenvalue weighted by Gasteiger charge is 2.22. The van der Waals surface area contributed by atoms with Gasteiger partial charge in [-0.05, 0) is 24.9 Å². The highest BCUT2D eigenvalue weighted by molar-refractivity contribution is 6.01. The average Bonchev–Trinajstić information content (AvgIpc) is 2.45. The Hall–Kier alpha value is -1.68. The first kappa shape index (κ1) is 16.4. The zero-order valence-corrected chi connectivity index (χ0v) is 12.2. The summed E-state index contributed by atoms with van der Waals surface area (Å²) in [6.45, 7) is 4.77. The molecule has 0 aliphatic rings. The second-order valence-electron chi connectivity index (χ2n) is 4.87. The van der Waals surface area contributed by atoms with Gasteiger partial charge in [0.25, 0.3) is 0 Å². The molecule has 2 N–H and O–H groups in total. The van der Waals surface area contributed by atoms with Crippen molar-refractivity contribution in [2.75, 3.05) is 6.54 Å². The normalized spacial score (nSPS) is 12.1. The van der Waals surface area contributed by atoms with E-state index < -0.39 is 12.0 Å². The fourth-order valence-electron chi connectivity index (χ4n) is 1.99. The van der Waals surface area contributed by atoms with Crippen molar-refractivity contribution in [2.24, 2.45) is 0 Å². The lowest BCUT2D eigenvalue weighted by molar-refractivity contribution is -0.137. The maximum Gasteiger partial charge on any atom is 0.305 e. The van der Waals surface area contributed by atoms with E-state index in [2.05, 4.69) is 19.2 Å². The number of carboxylic acid groups (broad SMARTS) is 1. The number of hydrogen-bond donors (Lipinski definition) is 2. The molecule has 0 aliphatic carbocycles. The Labute approximate surface area is 120 Å². The van der Waals surface area contributed by atoms with Crippen molar-refractivity contribution in [2.45, 2.75) is 45.6 Å². The van der Waals surface area contributed by atoms with Crippen LogP contribution in [0.2, 0.25) is 0 Å². The molecule has 4 heteroatoms. The van der Waals surface area contributed by atoms with Gasteiger partial charge in [0.1, 0.15) is 0 Å². The summed E-state index contributed by atoms with van der Waals surface area (Å²) >= 11 is 0. The number of hydrogen-bond acceptors (Lipinski definition) is 3. The Kier molecular flexibility index (Phi) is 6.94. The fourth-order valence-corrected chi connectivity index (χ4v) is 1.99. The fraction of sp³-hybridized carbons (Fsp3) is 0.500. The Morgan fingerprint density at radius 2 is 1.85 bits per heavy atom. The Balaban J connectivity index is 2.76. The molecule has 0 radical (unpaired) electrons. The molecule has 1 rings (SSSR count). The zero-order chi connectivity index (χ0) is 15.0. The molecule has 0 amide bonds. The molecular formula is C16H23NO3. The van der Waals surface area contributed by atoms with Gasteiger partial charge < -0.3 is 10.4 Å². The number of carbonyl (C=O) groups is 2. The molecule has 0 spiro atoms. The van der Waals surface area contributed by atoms with Crippen molar-refractivity contribution < 1.29 is 14.7 Å². The van der Waals surface area contributed by atoms with Gasteiger partial charge >= 0.3 is 5.97 Å². The summed E-state index contributed by atoms with van der Waals surface area (Å²) in [5, 5.41) is 12.0. The molecule has 0 fully saturated rings. The SMILES string of the molecule is CCCCNC(CC(=O)O)C(=O)c1ccc(CC)cc1. The van der Waals surface area contributed by atoms with Crippen LogP contribution in [0.3, 0.4) is 0 Å². The third kappa shape index (κ3) is 5.13. The molecule has 0 aromatic heterocycles. The smallest absolute Gasteiger partial charge is 0.305 e. The lowest BCUT2D eigenvalue weighted by Crippen LogP contribution is -2.39. The Bertz CT molecular complexity index is 440. The van der Waals surface area contributed by atoms with Crippen LogP contribution in [0.4, 0.5) is 0 Å². The van der Waals surface area contributed by atoms with Gasteiger partial charge in [-0.1, -0.05) is 44.5 Å². The van der Waals surface area contributed by atoms with Crippen molar-refractivity contribution in [1.29, 1.82) is 0 Å². The van der Waals surface area contributed by atoms with Gasteiger partial charge in [0.05, 0.1) is 12.5 Å². The standard InChI is InChI=1S/C16H23NO3/c1-3-5-10-17-14(11-15(18)19)16(20)13-8-6-12(4-2)7-9-13/h6-9,14,17H,3-5,10-11H2,1-2H3,(H,18,19). The van der Waals surface area contributed by atoms with Crippen molar-refractivity contribution in [3.8, 4) is 0 Å². The second kappa shape index (κ2) is 8.48. The van der Waals surface area contributed by atoms with Gasteiger partial charge in [-0.3, -0.25) is 9.59 Å². The number of aryl methyl sites for hydroxylation is 1. The molecular weight excluding hydrogens is 254 g/mol. The van der Waals surface area contributed by atoms with E-state index in [9.17, 15) is 9.59 Å². The van der Waals surface area contributed by atoms with Crippen molar-refractivity contribution in [1.82, 2.24) is 5.32 Å². The molecule has 1 aromatic carbocycles. The van der Waals surface area contributed by atoms with E-state index in [1.807, 2.05) is 12.1 Å². The largest absolute Gasteiger partial charge is 0.481 e. The third-order valence-corrected chi connectivity index (χ3v) is 3.26. The van der Waals surface area contributed by atoms with Crippen molar-refractivity contribution >= 4 is 11.8 Å². The van der Waals surface area contributed by atoms with Crippen LogP contribution < -0.4 is 5.32 Å². The molecule has 0 saturated carbocycles. The number of nitrogens with one attached hydrogen (secondary N) is 1. The number of aliphatic carboxylic acids is 1. The first-order valence-corrected chi connectivity index (χ1v) is 7.16. The van der Waals surface area contributed by atoms with E-state index in [1.54, 1.807) is 12.1 Å². The molecule has 110 valence electrons. The summed E-state index contributed by atoms with van der Waals surface area (Å²) in [6, 6.07) is 6.73. The summed E-state index contributed by atoms with van der Waals surface area (Å²) in [7, 11) is 0. The monoisotopic (exact) mass is 277 g/mol. The minimum atomic E-state index is -0.961. The van der Waals surface area contributed by atoms with Crippen LogP contribution in [0.15, 0.2) is 24.3 Å². The van der Waals surface area contributed by atoms with Gasteiger partial charge in [0.15, 0.2) is 5.78 Å². The van der Waals surface area contributed by atoms with Crippen LogP contribution in [-0.2, 0) is 11.2 Å². The van der Waals surface area contributed by atoms with Crippen LogP contribution in [0, 0.1) is 0 Å². The molecule has 0 saturated heterocycles. The predicted molar refractivity (Wildman–Crippen MR) is 79.1 cm³/mol. The molecule has 20 heavy (non-hydrogen) atoms. The number of carboxylic acids is 1. The average molecular weight is 277 g/mol. The van der Waals surface area contributed by atoms with E-state index in [4.69, 9.17) is 5.11 Å². The van der Waals surface area contributed by atoms with Crippen LogP contribution in [0.5, 0.6) is 0 Å². The Morgan fingerprint density at radius 3 is 2.35 bits per heavy atom. The minimum absolute atomic E-state index is 0.147. The van der Waals surface area contributed by atoms with Crippen LogP contribution in [-0.4, -0.2) is 29.4 Å². The lowest BCUT2D eigenvalue weighted by Gasteiger charge is -2.16. The number of unbranched alkanes of at least 4 members (excludes halogenated alkanes) is 1. The summed E-state index contributed by atoms with van der Waals surface area (Å²) in [4.78, 5) is 23.2. The first-order valence-electron chi connectivity index (χ1n) is 7.16. The number of rotatable bonds is 9. The Morgan fingerprint density at radius 1 is 1.20 bits per heavy atom. The number of ketones is 1. The van der Waals surface area contributed by atoms with Gasteiger partial charge in [-0.2, -0.15) is 0 Å². The first-order chi connectivity index (χ1) is 9.58. The number of Topliss-reactive ketones (excluding diaryl/α,β-unsaturated/α-hetero) is 1. The van der Waals surface area contributed by atoms with Gasteiger partial charge in [-0.15, -0.1) is 0 Å². The van der Waals surface area contributed by atoms with Crippen LogP contribution in [0.1, 0.15) is 49.0 Å². The van der Waals surface area contributed by atoms with E-state index in [-0.39, 0.29) is 12.2 Å². The quantitative estimate of drug-likeness (QED) is 0.538. The molecule has 0 bridgehead atoms. The molecule has 4 nitrogen and oxygen atoms in total. The number of benzene rings is 1. The number of carbonyl (C=O) groups excluding carboxylic acids is 1. The maximum absolute atomic E-state index is 12.3. The van der Waals surface area contributed by atoms with Gasteiger partial charge in [0, 0.05) is 5.56 Å². The second-order valence-corrected chi connectivity index (χ2v) is 4.87. The predicted octanol–water partition coefficient (Wildman–Crippen LogP) is 2.66. The highest BCUT2D eigenvalue weighted by atomic mass is 16.4. The van der Waals surface area contributed by atoms with Crippen LogP contribution >= 0.6 is 0 Å². The van der Waals surface area contributed by atoms with Gasteiger partial charge in [-0.25, -0.2) is 0 Å². The summed E-state index contributed by atoms with van der Waals surface area (Å²) in [6.07, 6.45) is 2.67. The molecule has 0 aliphatic heterocycles. The minimum Gasteiger partial charge on any atom is -0.481 e. The van der Waals surface area contributed by atoms with E-state index in [0.29, 0.717) is 12.1 Å². The molecule has 1 unspecified atom stereocenters. The third-order valence-electron chi connectivity index (χ3n) is 3.26.